The van der Waals surface area contributed by atoms with Crippen LogP contribution in [0.15, 0.2) is 36.4 Å². The third-order valence-electron chi connectivity index (χ3n) is 2.85. The van der Waals surface area contributed by atoms with Gasteiger partial charge in [0.05, 0.1) is 25.8 Å². The number of fused-ring (bicyclic) bond motifs is 1. The minimum absolute atomic E-state index is 0.0987. The maximum absolute atomic E-state index is 10.9. The van der Waals surface area contributed by atoms with E-state index in [0.717, 1.165) is 10.2 Å². The summed E-state index contributed by atoms with van der Waals surface area (Å²) in [5.74, 6) is 0. The first kappa shape index (κ1) is 12.8. The van der Waals surface area contributed by atoms with Gasteiger partial charge >= 0.3 is 0 Å². The molecule has 100 valence electrons. The molecule has 7 heteroatoms. The Morgan fingerprint density at radius 2 is 2.05 bits per heavy atom. The van der Waals surface area contributed by atoms with Crippen molar-refractivity contribution in [2.75, 3.05) is 5.73 Å². The highest BCUT2D eigenvalue weighted by atomic mass is 35.5. The summed E-state index contributed by atoms with van der Waals surface area (Å²) < 4.78 is 0.990. The molecule has 1 heterocycles. The number of anilines is 1. The van der Waals surface area contributed by atoms with Crippen LogP contribution < -0.4 is 5.73 Å². The second kappa shape index (κ2) is 4.73. The topological polar surface area (TPSA) is 82.0 Å². The average Bonchev–Trinajstić information content (AvgIpc) is 2.84. The number of rotatable bonds is 2. The van der Waals surface area contributed by atoms with E-state index in [9.17, 15) is 10.1 Å². The molecule has 0 saturated carbocycles. The first-order valence-electron chi connectivity index (χ1n) is 5.65. The Bertz CT molecular complexity index is 799. The summed E-state index contributed by atoms with van der Waals surface area (Å²) in [6.07, 6.45) is 0. The number of thiazole rings is 1. The number of nitrogens with zero attached hydrogens (tertiary/aromatic N) is 2. The average molecular weight is 306 g/mol. The molecule has 2 N–H and O–H groups in total. The number of hydrogen-bond acceptors (Lipinski definition) is 5. The van der Waals surface area contributed by atoms with E-state index in [1.165, 1.54) is 23.5 Å². The molecular weight excluding hydrogens is 298 g/mol. The first-order valence-corrected chi connectivity index (χ1v) is 6.85. The zero-order chi connectivity index (χ0) is 14.3. The zero-order valence-electron chi connectivity index (χ0n) is 10.0. The molecule has 0 bridgehead atoms. The molecule has 0 unspecified atom stereocenters. The molecule has 0 aliphatic heterocycles. The Morgan fingerprint density at radius 1 is 1.30 bits per heavy atom. The van der Waals surface area contributed by atoms with Gasteiger partial charge in [-0.25, -0.2) is 4.98 Å². The number of nitro groups is 1. The van der Waals surface area contributed by atoms with Crippen molar-refractivity contribution in [3.63, 3.8) is 0 Å². The Hall–Kier alpha value is -2.18. The van der Waals surface area contributed by atoms with E-state index < -0.39 is 4.92 Å². The molecule has 0 atom stereocenters. The predicted molar refractivity (Wildman–Crippen MR) is 81.1 cm³/mol. The number of non-ortho nitro benzene ring substituents is 1. The second-order valence-corrected chi connectivity index (χ2v) is 5.57. The van der Waals surface area contributed by atoms with Crippen molar-refractivity contribution >= 4 is 44.5 Å². The summed E-state index contributed by atoms with van der Waals surface area (Å²) in [5.41, 5.74) is 7.44. The summed E-state index contributed by atoms with van der Waals surface area (Å²) in [7, 11) is 0. The largest absolute Gasteiger partial charge is 0.397 e. The Kier molecular flexibility index (Phi) is 3.04. The van der Waals surface area contributed by atoms with Crippen LogP contribution in [-0.2, 0) is 0 Å². The molecule has 0 saturated heterocycles. The Morgan fingerprint density at radius 3 is 2.75 bits per heavy atom. The lowest BCUT2D eigenvalue weighted by Gasteiger charge is -2.04. The van der Waals surface area contributed by atoms with Crippen molar-refractivity contribution < 1.29 is 4.92 Å². The van der Waals surface area contributed by atoms with Gasteiger partial charge in [-0.1, -0.05) is 23.7 Å². The normalized spacial score (nSPS) is 10.8. The summed E-state index contributed by atoms with van der Waals surface area (Å²) >= 11 is 7.38. The van der Waals surface area contributed by atoms with Crippen molar-refractivity contribution in [1.82, 2.24) is 4.98 Å². The predicted octanol–water partition coefficient (Wildman–Crippen LogP) is 4.11. The molecule has 20 heavy (non-hydrogen) atoms. The van der Waals surface area contributed by atoms with E-state index in [-0.39, 0.29) is 10.7 Å². The number of nitrogens with two attached hydrogens (primary N) is 1. The lowest BCUT2D eigenvalue weighted by atomic mass is 10.1. The minimum Gasteiger partial charge on any atom is -0.397 e. The number of halogens is 1. The summed E-state index contributed by atoms with van der Waals surface area (Å²) in [6.45, 7) is 0. The third kappa shape index (κ3) is 2.09. The van der Waals surface area contributed by atoms with Crippen LogP contribution in [0.3, 0.4) is 0 Å². The van der Waals surface area contributed by atoms with Gasteiger partial charge < -0.3 is 5.73 Å². The Balaban J connectivity index is 2.24. The highest BCUT2D eigenvalue weighted by Gasteiger charge is 2.17. The van der Waals surface area contributed by atoms with Gasteiger partial charge in [0.15, 0.2) is 0 Å². The Labute approximate surface area is 122 Å². The standard InChI is InChI=1S/C13H8ClN3O2S/c14-9-6-7(17(18)19)5-8(12(9)15)13-16-10-3-1-2-4-11(10)20-13/h1-6H,15H2. The molecule has 0 aliphatic rings. The summed E-state index contributed by atoms with van der Waals surface area (Å²) in [4.78, 5) is 14.9. The van der Waals surface area contributed by atoms with Crippen LogP contribution in [0.2, 0.25) is 5.02 Å². The fourth-order valence-electron chi connectivity index (χ4n) is 1.87. The lowest BCUT2D eigenvalue weighted by molar-refractivity contribution is -0.384. The number of hydrogen-bond donors (Lipinski definition) is 1. The van der Waals surface area contributed by atoms with Crippen LogP contribution in [0.1, 0.15) is 0 Å². The monoisotopic (exact) mass is 305 g/mol. The molecule has 0 spiro atoms. The first-order chi connectivity index (χ1) is 9.56. The SMILES string of the molecule is Nc1c(Cl)cc([N+](=O)[O-])cc1-c1nc2ccccc2s1. The van der Waals surface area contributed by atoms with E-state index in [4.69, 9.17) is 17.3 Å². The van der Waals surface area contributed by atoms with E-state index in [1.54, 1.807) is 0 Å². The van der Waals surface area contributed by atoms with Gasteiger partial charge in [-0.05, 0) is 12.1 Å². The van der Waals surface area contributed by atoms with Crippen LogP contribution in [0.5, 0.6) is 0 Å². The lowest BCUT2D eigenvalue weighted by Crippen LogP contribution is -1.95. The van der Waals surface area contributed by atoms with Crippen molar-refractivity contribution in [1.29, 1.82) is 0 Å². The maximum atomic E-state index is 10.9. The number of benzene rings is 2. The number of aromatic nitrogens is 1. The van der Waals surface area contributed by atoms with E-state index in [1.807, 2.05) is 24.3 Å². The van der Waals surface area contributed by atoms with Crippen molar-refractivity contribution in [3.8, 4) is 10.6 Å². The molecule has 0 aliphatic carbocycles. The van der Waals surface area contributed by atoms with Gasteiger partial charge in [0.2, 0.25) is 0 Å². The molecule has 3 rings (SSSR count). The van der Waals surface area contributed by atoms with Gasteiger partial charge in [-0.15, -0.1) is 11.3 Å². The highest BCUT2D eigenvalue weighted by Crippen LogP contribution is 2.39. The molecule has 5 nitrogen and oxygen atoms in total. The van der Waals surface area contributed by atoms with Gasteiger partial charge in [-0.3, -0.25) is 10.1 Å². The molecular formula is C13H8ClN3O2S. The fourth-order valence-corrected chi connectivity index (χ4v) is 3.08. The third-order valence-corrected chi connectivity index (χ3v) is 4.23. The van der Waals surface area contributed by atoms with E-state index in [2.05, 4.69) is 4.98 Å². The molecule has 2 aromatic carbocycles. The van der Waals surface area contributed by atoms with Crippen LogP contribution >= 0.6 is 22.9 Å². The molecule has 0 radical (unpaired) electrons. The van der Waals surface area contributed by atoms with Crippen LogP contribution in [0.4, 0.5) is 11.4 Å². The van der Waals surface area contributed by atoms with Crippen molar-refractivity contribution in [3.05, 3.63) is 51.5 Å². The number of para-hydroxylation sites is 1. The fraction of sp³-hybridized carbons (Fsp3) is 0. The highest BCUT2D eigenvalue weighted by molar-refractivity contribution is 7.21. The van der Waals surface area contributed by atoms with Crippen LogP contribution in [0, 0.1) is 10.1 Å². The molecule has 3 aromatic rings. The van der Waals surface area contributed by atoms with E-state index >= 15 is 0 Å². The van der Waals surface area contributed by atoms with Gasteiger partial charge in [0, 0.05) is 17.7 Å². The minimum atomic E-state index is -0.498. The van der Waals surface area contributed by atoms with E-state index in [0.29, 0.717) is 16.3 Å². The number of nitro benzene ring substituents is 1. The maximum Gasteiger partial charge on any atom is 0.271 e. The smallest absolute Gasteiger partial charge is 0.271 e. The second-order valence-electron chi connectivity index (χ2n) is 4.13. The van der Waals surface area contributed by atoms with Gasteiger partial charge in [0.1, 0.15) is 5.01 Å². The van der Waals surface area contributed by atoms with Crippen LogP contribution in [-0.4, -0.2) is 9.91 Å². The quantitative estimate of drug-likeness (QED) is 0.439. The molecule has 1 aromatic heterocycles. The van der Waals surface area contributed by atoms with Crippen molar-refractivity contribution in [2.45, 2.75) is 0 Å². The zero-order valence-corrected chi connectivity index (χ0v) is 11.6. The van der Waals surface area contributed by atoms with Crippen LogP contribution in [0.25, 0.3) is 20.8 Å². The number of nitrogen functional groups attached to an aromatic ring is 1. The van der Waals surface area contributed by atoms with Gasteiger partial charge in [-0.2, -0.15) is 0 Å². The summed E-state index contributed by atoms with van der Waals surface area (Å²) in [6, 6.07) is 10.3. The molecule has 0 amide bonds. The van der Waals surface area contributed by atoms with Gasteiger partial charge in [0.25, 0.3) is 5.69 Å². The summed E-state index contributed by atoms with van der Waals surface area (Å²) in [5, 5.41) is 11.7. The van der Waals surface area contributed by atoms with Crippen molar-refractivity contribution in [2.24, 2.45) is 0 Å². The molecule has 0 fully saturated rings.